The maximum absolute atomic E-state index is 12.1. The van der Waals surface area contributed by atoms with Gasteiger partial charge in [-0.2, -0.15) is 5.26 Å². The number of nitrogens with one attached hydrogen (secondary N) is 1. The van der Waals surface area contributed by atoms with E-state index in [0.29, 0.717) is 18.0 Å². The molecular weight excluding hydrogens is 260 g/mol. The van der Waals surface area contributed by atoms with Crippen molar-refractivity contribution in [1.29, 1.82) is 5.26 Å². The highest BCUT2D eigenvalue weighted by atomic mass is 32.2. The van der Waals surface area contributed by atoms with Crippen LogP contribution in [-0.2, 0) is 10.0 Å². The summed E-state index contributed by atoms with van der Waals surface area (Å²) in [6, 6.07) is 7.96. The van der Waals surface area contributed by atoms with Crippen LogP contribution >= 0.6 is 0 Å². The van der Waals surface area contributed by atoms with Gasteiger partial charge in [0.1, 0.15) is 0 Å². The number of sulfonamides is 1. The molecule has 0 spiro atoms. The summed E-state index contributed by atoms with van der Waals surface area (Å²) in [5.41, 5.74) is 0.214. The Morgan fingerprint density at radius 1 is 1.37 bits per heavy atom. The van der Waals surface area contributed by atoms with Crippen molar-refractivity contribution in [2.24, 2.45) is 11.3 Å². The minimum absolute atomic E-state index is 0.125. The molecule has 19 heavy (non-hydrogen) atoms. The second-order valence-electron chi connectivity index (χ2n) is 5.61. The van der Waals surface area contributed by atoms with Gasteiger partial charge < -0.3 is 0 Å². The summed E-state index contributed by atoms with van der Waals surface area (Å²) in [5, 5.41) is 8.79. The highest BCUT2D eigenvalue weighted by Gasteiger charge is 2.25. The fourth-order valence-corrected chi connectivity index (χ4v) is 2.57. The van der Waals surface area contributed by atoms with E-state index < -0.39 is 10.0 Å². The Kier molecular flexibility index (Phi) is 4.72. The Morgan fingerprint density at radius 2 is 2.00 bits per heavy atom. The average molecular weight is 280 g/mol. The van der Waals surface area contributed by atoms with E-state index in [1.54, 1.807) is 12.1 Å². The highest BCUT2D eigenvalue weighted by molar-refractivity contribution is 7.89. The van der Waals surface area contributed by atoms with Gasteiger partial charge >= 0.3 is 0 Å². The molecule has 5 heteroatoms. The molecule has 4 nitrogen and oxygen atoms in total. The first-order chi connectivity index (χ1) is 8.69. The number of hydrogen-bond donors (Lipinski definition) is 1. The summed E-state index contributed by atoms with van der Waals surface area (Å²) in [4.78, 5) is 0.131. The highest BCUT2D eigenvalue weighted by Crippen LogP contribution is 2.25. The van der Waals surface area contributed by atoms with Crippen LogP contribution in [0, 0.1) is 22.7 Å². The summed E-state index contributed by atoms with van der Waals surface area (Å²) in [5.74, 6) is 0.362. The lowest BCUT2D eigenvalue weighted by Crippen LogP contribution is -2.36. The summed E-state index contributed by atoms with van der Waals surface area (Å²) in [7, 11) is -3.56. The van der Waals surface area contributed by atoms with Crippen LogP contribution in [0.1, 0.15) is 33.3 Å². The van der Waals surface area contributed by atoms with Crippen LogP contribution < -0.4 is 4.72 Å². The zero-order chi connectivity index (χ0) is 14.7. The maximum Gasteiger partial charge on any atom is 0.240 e. The number of rotatable bonds is 5. The molecule has 0 bridgehead atoms. The molecule has 0 saturated carbocycles. The van der Waals surface area contributed by atoms with Crippen molar-refractivity contribution in [2.45, 2.75) is 32.6 Å². The molecule has 0 amide bonds. The van der Waals surface area contributed by atoms with Gasteiger partial charge in [0.05, 0.1) is 16.5 Å². The third-order valence-corrected chi connectivity index (χ3v) is 4.95. The predicted molar refractivity (Wildman–Crippen MR) is 75.0 cm³/mol. The Balaban J connectivity index is 2.91. The number of hydrogen-bond acceptors (Lipinski definition) is 3. The quantitative estimate of drug-likeness (QED) is 0.901. The van der Waals surface area contributed by atoms with Gasteiger partial charge in [0, 0.05) is 6.54 Å². The smallest absolute Gasteiger partial charge is 0.211 e. The summed E-state index contributed by atoms with van der Waals surface area (Å²) >= 11 is 0. The zero-order valence-electron chi connectivity index (χ0n) is 11.8. The minimum atomic E-state index is -3.56. The van der Waals surface area contributed by atoms with Crippen molar-refractivity contribution < 1.29 is 8.42 Å². The van der Waals surface area contributed by atoms with Crippen molar-refractivity contribution in [3.63, 3.8) is 0 Å². The molecule has 0 heterocycles. The first-order valence-electron chi connectivity index (χ1n) is 6.19. The van der Waals surface area contributed by atoms with Crippen molar-refractivity contribution in [1.82, 2.24) is 4.72 Å². The maximum atomic E-state index is 12.1. The van der Waals surface area contributed by atoms with E-state index in [1.807, 2.05) is 19.9 Å². The lowest BCUT2D eigenvalue weighted by Gasteiger charge is -2.29. The molecule has 0 aliphatic heterocycles. The van der Waals surface area contributed by atoms with E-state index in [2.05, 4.69) is 18.6 Å². The molecule has 0 aromatic heterocycles. The topological polar surface area (TPSA) is 70.0 Å². The molecule has 104 valence electrons. The number of nitriles is 1. The molecule has 0 fully saturated rings. The standard InChI is InChI=1S/C14H20N2O2S/c1-11(2)14(3,4)10-16-19(17,18)13-7-5-6-12(8-13)9-15/h5-8,11,16H,10H2,1-4H3. The Bertz CT molecular complexity index is 584. The molecular formula is C14H20N2O2S. The van der Waals surface area contributed by atoms with Crippen LogP contribution in [0.15, 0.2) is 29.2 Å². The Hall–Kier alpha value is -1.38. The second kappa shape index (κ2) is 5.72. The van der Waals surface area contributed by atoms with Gasteiger partial charge in [-0.25, -0.2) is 13.1 Å². The number of benzene rings is 1. The first-order valence-corrected chi connectivity index (χ1v) is 7.67. The van der Waals surface area contributed by atoms with Gasteiger partial charge in [-0.05, 0) is 29.5 Å². The van der Waals surface area contributed by atoms with Crippen molar-refractivity contribution in [2.75, 3.05) is 6.54 Å². The van der Waals surface area contributed by atoms with E-state index in [-0.39, 0.29) is 10.3 Å². The molecule has 0 aliphatic carbocycles. The lowest BCUT2D eigenvalue weighted by atomic mass is 9.81. The van der Waals surface area contributed by atoms with Gasteiger partial charge in [0.15, 0.2) is 0 Å². The van der Waals surface area contributed by atoms with Crippen molar-refractivity contribution >= 4 is 10.0 Å². The zero-order valence-corrected chi connectivity index (χ0v) is 12.6. The third-order valence-electron chi connectivity index (χ3n) is 3.55. The fraction of sp³-hybridized carbons (Fsp3) is 0.500. The van der Waals surface area contributed by atoms with Gasteiger partial charge in [-0.3, -0.25) is 0 Å². The Morgan fingerprint density at radius 3 is 2.53 bits per heavy atom. The Labute approximate surface area is 115 Å². The number of nitrogens with zero attached hydrogens (tertiary/aromatic N) is 1. The molecule has 0 atom stereocenters. The van der Waals surface area contributed by atoms with Crippen LogP contribution in [0.4, 0.5) is 0 Å². The molecule has 0 unspecified atom stereocenters. The van der Waals surface area contributed by atoms with Gasteiger partial charge in [-0.15, -0.1) is 0 Å². The lowest BCUT2D eigenvalue weighted by molar-refractivity contribution is 0.252. The van der Waals surface area contributed by atoms with Gasteiger partial charge in [0.2, 0.25) is 10.0 Å². The average Bonchev–Trinajstić information content (AvgIpc) is 2.36. The fourth-order valence-electron chi connectivity index (χ4n) is 1.30. The summed E-state index contributed by atoms with van der Waals surface area (Å²) < 4.78 is 26.9. The second-order valence-corrected chi connectivity index (χ2v) is 7.37. The van der Waals surface area contributed by atoms with Crippen LogP contribution in [0.5, 0.6) is 0 Å². The van der Waals surface area contributed by atoms with Crippen molar-refractivity contribution in [3.8, 4) is 6.07 Å². The summed E-state index contributed by atoms with van der Waals surface area (Å²) in [6.45, 7) is 8.52. The van der Waals surface area contributed by atoms with Gasteiger partial charge in [-0.1, -0.05) is 33.8 Å². The SMILES string of the molecule is CC(C)C(C)(C)CNS(=O)(=O)c1cccc(C#N)c1. The minimum Gasteiger partial charge on any atom is -0.211 e. The molecule has 1 rings (SSSR count). The summed E-state index contributed by atoms with van der Waals surface area (Å²) in [6.07, 6.45) is 0. The van der Waals surface area contributed by atoms with Crippen LogP contribution in [0.2, 0.25) is 0 Å². The molecule has 1 aromatic rings. The monoisotopic (exact) mass is 280 g/mol. The molecule has 0 aliphatic rings. The van der Waals surface area contributed by atoms with E-state index >= 15 is 0 Å². The molecule has 0 radical (unpaired) electrons. The molecule has 1 N–H and O–H groups in total. The molecule has 1 aromatic carbocycles. The van der Waals surface area contributed by atoms with E-state index in [1.165, 1.54) is 12.1 Å². The van der Waals surface area contributed by atoms with Crippen LogP contribution in [0.25, 0.3) is 0 Å². The van der Waals surface area contributed by atoms with E-state index in [9.17, 15) is 8.42 Å². The molecule has 0 saturated heterocycles. The van der Waals surface area contributed by atoms with Crippen LogP contribution in [0.3, 0.4) is 0 Å². The normalized spacial score (nSPS) is 12.4. The van der Waals surface area contributed by atoms with E-state index in [0.717, 1.165) is 0 Å². The van der Waals surface area contributed by atoms with Gasteiger partial charge in [0.25, 0.3) is 0 Å². The third kappa shape index (κ3) is 4.05. The van der Waals surface area contributed by atoms with Crippen molar-refractivity contribution in [3.05, 3.63) is 29.8 Å². The largest absolute Gasteiger partial charge is 0.240 e. The first kappa shape index (κ1) is 15.7. The predicted octanol–water partition coefficient (Wildman–Crippen LogP) is 2.52. The van der Waals surface area contributed by atoms with Crippen LogP contribution in [-0.4, -0.2) is 15.0 Å². The van der Waals surface area contributed by atoms with E-state index in [4.69, 9.17) is 5.26 Å².